The highest BCUT2D eigenvalue weighted by Gasteiger charge is 2.15. The van der Waals surface area contributed by atoms with Gasteiger partial charge in [-0.1, -0.05) is 40.9 Å². The van der Waals surface area contributed by atoms with Gasteiger partial charge < -0.3 is 5.32 Å². The number of nitrogens with one attached hydrogen (secondary N) is 1. The fourth-order valence-corrected chi connectivity index (χ4v) is 3.20. The predicted molar refractivity (Wildman–Crippen MR) is 108 cm³/mol. The Balaban J connectivity index is 1.67. The van der Waals surface area contributed by atoms with Crippen molar-refractivity contribution in [1.82, 2.24) is 19.6 Å². The van der Waals surface area contributed by atoms with Crippen LogP contribution in [-0.2, 0) is 17.9 Å². The molecule has 0 saturated carbocycles. The molecule has 0 saturated heterocycles. The average Bonchev–Trinajstić information content (AvgIpc) is 3.15. The molecule has 0 unspecified atom stereocenters. The summed E-state index contributed by atoms with van der Waals surface area (Å²) in [6, 6.07) is 5.47. The molecule has 2 aromatic heterocycles. The van der Waals surface area contributed by atoms with Gasteiger partial charge >= 0.3 is 0 Å². The first-order valence-corrected chi connectivity index (χ1v) is 9.42. The summed E-state index contributed by atoms with van der Waals surface area (Å²) in [4.78, 5) is 12.3. The number of rotatable bonds is 6. The summed E-state index contributed by atoms with van der Waals surface area (Å²) in [5, 5.41) is 13.1. The SMILES string of the molecule is Cc1nn(Cc2ccc(Cl)c(Cl)c2)c(C)c1NC(=O)CCn1cc(Cl)cn1. The second-order valence-electron chi connectivity index (χ2n) is 6.17. The van der Waals surface area contributed by atoms with E-state index in [1.165, 1.54) is 0 Å². The minimum atomic E-state index is -0.109. The highest BCUT2D eigenvalue weighted by molar-refractivity contribution is 6.42. The van der Waals surface area contributed by atoms with Gasteiger partial charge in [0.2, 0.25) is 5.91 Å². The lowest BCUT2D eigenvalue weighted by atomic mass is 10.2. The molecule has 1 N–H and O–H groups in total. The second kappa shape index (κ2) is 8.33. The maximum atomic E-state index is 12.3. The maximum Gasteiger partial charge on any atom is 0.226 e. The number of aromatic nitrogens is 4. The van der Waals surface area contributed by atoms with E-state index in [0.29, 0.717) is 28.2 Å². The first-order valence-electron chi connectivity index (χ1n) is 8.29. The van der Waals surface area contributed by atoms with E-state index in [1.807, 2.05) is 30.7 Å². The van der Waals surface area contributed by atoms with Crippen molar-refractivity contribution in [3.8, 4) is 0 Å². The van der Waals surface area contributed by atoms with Crippen molar-refractivity contribution in [2.24, 2.45) is 0 Å². The van der Waals surface area contributed by atoms with Gasteiger partial charge in [0.25, 0.3) is 0 Å². The Kier molecular flexibility index (Phi) is 6.09. The first kappa shape index (κ1) is 19.7. The molecule has 0 radical (unpaired) electrons. The van der Waals surface area contributed by atoms with E-state index in [9.17, 15) is 4.79 Å². The van der Waals surface area contributed by atoms with Crippen LogP contribution in [0.4, 0.5) is 5.69 Å². The molecule has 0 bridgehead atoms. The molecule has 9 heteroatoms. The van der Waals surface area contributed by atoms with Gasteiger partial charge in [-0.25, -0.2) is 0 Å². The van der Waals surface area contributed by atoms with Crippen molar-refractivity contribution in [3.05, 3.63) is 62.6 Å². The van der Waals surface area contributed by atoms with Crippen LogP contribution >= 0.6 is 34.8 Å². The summed E-state index contributed by atoms with van der Waals surface area (Å²) in [5.74, 6) is -0.109. The number of halogens is 3. The lowest BCUT2D eigenvalue weighted by Gasteiger charge is -2.08. The number of nitrogens with zero attached hydrogens (tertiary/aromatic N) is 4. The molecule has 0 atom stereocenters. The standard InChI is InChI=1S/C18H18Cl3N5O/c1-11-18(23-17(27)5-6-25-10-14(19)8-22-25)12(2)26(24-11)9-13-3-4-15(20)16(21)7-13/h3-4,7-8,10H,5-6,9H2,1-2H3,(H,23,27). The molecule has 142 valence electrons. The van der Waals surface area contributed by atoms with Gasteiger partial charge in [-0.05, 0) is 31.5 Å². The number of hydrogen-bond acceptors (Lipinski definition) is 3. The Hall–Kier alpha value is -2.02. The zero-order valence-corrected chi connectivity index (χ0v) is 17.1. The van der Waals surface area contributed by atoms with Crippen LogP contribution < -0.4 is 5.32 Å². The summed E-state index contributed by atoms with van der Waals surface area (Å²) >= 11 is 17.9. The zero-order valence-electron chi connectivity index (χ0n) is 14.8. The molecule has 3 aromatic rings. The largest absolute Gasteiger partial charge is 0.323 e. The van der Waals surface area contributed by atoms with Gasteiger partial charge in [0.1, 0.15) is 0 Å². The van der Waals surface area contributed by atoms with Crippen LogP contribution in [0, 0.1) is 13.8 Å². The summed E-state index contributed by atoms with van der Waals surface area (Å²) < 4.78 is 3.47. The van der Waals surface area contributed by atoms with Gasteiger partial charge in [-0.2, -0.15) is 10.2 Å². The van der Waals surface area contributed by atoms with Gasteiger partial charge in [-0.15, -0.1) is 0 Å². The van der Waals surface area contributed by atoms with Crippen LogP contribution in [-0.4, -0.2) is 25.5 Å². The van der Waals surface area contributed by atoms with Crippen LogP contribution in [0.1, 0.15) is 23.4 Å². The van der Waals surface area contributed by atoms with E-state index in [4.69, 9.17) is 34.8 Å². The fraction of sp³-hybridized carbons (Fsp3) is 0.278. The van der Waals surface area contributed by atoms with Crippen LogP contribution in [0.3, 0.4) is 0 Å². The van der Waals surface area contributed by atoms with Gasteiger partial charge in [-0.3, -0.25) is 14.2 Å². The van der Waals surface area contributed by atoms with E-state index in [-0.39, 0.29) is 12.3 Å². The molecule has 0 aliphatic rings. The Bertz CT molecular complexity index is 980. The van der Waals surface area contributed by atoms with Crippen LogP contribution in [0.15, 0.2) is 30.6 Å². The van der Waals surface area contributed by atoms with Crippen molar-refractivity contribution < 1.29 is 4.79 Å². The minimum absolute atomic E-state index is 0.109. The normalized spacial score (nSPS) is 11.0. The predicted octanol–water partition coefficient (Wildman–Crippen LogP) is 4.73. The topological polar surface area (TPSA) is 64.7 Å². The molecule has 0 spiro atoms. The van der Waals surface area contributed by atoms with Crippen molar-refractivity contribution in [3.63, 3.8) is 0 Å². The number of amides is 1. The van der Waals surface area contributed by atoms with Crippen LogP contribution in [0.5, 0.6) is 0 Å². The number of aryl methyl sites for hydroxylation is 2. The molecular formula is C18H18Cl3N5O. The molecule has 3 rings (SSSR count). The monoisotopic (exact) mass is 425 g/mol. The Labute approximate surface area is 172 Å². The quantitative estimate of drug-likeness (QED) is 0.619. The Morgan fingerprint density at radius 1 is 1.19 bits per heavy atom. The number of hydrogen-bond donors (Lipinski definition) is 1. The molecular weight excluding hydrogens is 409 g/mol. The summed E-state index contributed by atoms with van der Waals surface area (Å²) in [6.07, 6.45) is 3.51. The number of carbonyl (C=O) groups is 1. The fourth-order valence-electron chi connectivity index (χ4n) is 2.72. The third kappa shape index (κ3) is 4.83. The van der Waals surface area contributed by atoms with Gasteiger partial charge in [0.15, 0.2) is 0 Å². The third-order valence-electron chi connectivity index (χ3n) is 4.13. The van der Waals surface area contributed by atoms with E-state index in [0.717, 1.165) is 22.6 Å². The molecule has 0 fully saturated rings. The van der Waals surface area contributed by atoms with Crippen molar-refractivity contribution in [2.75, 3.05) is 5.32 Å². The molecule has 2 heterocycles. The maximum absolute atomic E-state index is 12.3. The highest BCUT2D eigenvalue weighted by Crippen LogP contribution is 2.25. The molecule has 0 aliphatic heterocycles. The second-order valence-corrected chi connectivity index (χ2v) is 7.42. The number of anilines is 1. The number of benzene rings is 1. The minimum Gasteiger partial charge on any atom is -0.323 e. The van der Waals surface area contributed by atoms with Crippen molar-refractivity contribution >= 4 is 46.4 Å². The highest BCUT2D eigenvalue weighted by atomic mass is 35.5. The lowest BCUT2D eigenvalue weighted by molar-refractivity contribution is -0.116. The van der Waals surface area contributed by atoms with Crippen LogP contribution in [0.25, 0.3) is 0 Å². The summed E-state index contributed by atoms with van der Waals surface area (Å²) in [7, 11) is 0. The first-order chi connectivity index (χ1) is 12.8. The molecule has 1 aromatic carbocycles. The van der Waals surface area contributed by atoms with E-state index in [2.05, 4.69) is 15.5 Å². The summed E-state index contributed by atoms with van der Waals surface area (Å²) in [6.45, 7) is 4.76. The molecule has 1 amide bonds. The smallest absolute Gasteiger partial charge is 0.226 e. The van der Waals surface area contributed by atoms with Gasteiger partial charge in [0, 0.05) is 19.2 Å². The van der Waals surface area contributed by atoms with Gasteiger partial charge in [0.05, 0.1) is 44.9 Å². The zero-order chi connectivity index (χ0) is 19.6. The Morgan fingerprint density at radius 2 is 1.96 bits per heavy atom. The van der Waals surface area contributed by atoms with Crippen LogP contribution in [0.2, 0.25) is 15.1 Å². The molecule has 0 aliphatic carbocycles. The molecule has 27 heavy (non-hydrogen) atoms. The van der Waals surface area contributed by atoms with Crippen molar-refractivity contribution in [2.45, 2.75) is 33.4 Å². The summed E-state index contributed by atoms with van der Waals surface area (Å²) in [5.41, 5.74) is 3.32. The average molecular weight is 427 g/mol. The lowest BCUT2D eigenvalue weighted by Crippen LogP contribution is -2.15. The van der Waals surface area contributed by atoms with E-state index < -0.39 is 0 Å². The van der Waals surface area contributed by atoms with E-state index in [1.54, 1.807) is 23.1 Å². The van der Waals surface area contributed by atoms with E-state index >= 15 is 0 Å². The third-order valence-corrected chi connectivity index (χ3v) is 5.07. The number of carbonyl (C=O) groups excluding carboxylic acids is 1. The molecule has 6 nitrogen and oxygen atoms in total. The Morgan fingerprint density at radius 3 is 2.63 bits per heavy atom. The van der Waals surface area contributed by atoms with Crippen molar-refractivity contribution in [1.29, 1.82) is 0 Å².